The first kappa shape index (κ1) is 16.9. The molecule has 1 aromatic heterocycles. The van der Waals surface area contributed by atoms with Crippen LogP contribution in [-0.4, -0.2) is 39.6 Å². The molecule has 2 fully saturated rings. The van der Waals surface area contributed by atoms with Crippen LogP contribution < -0.4 is 4.68 Å². The predicted octanol–water partition coefficient (Wildman–Crippen LogP) is 3.98. The first-order valence-corrected chi connectivity index (χ1v) is 10.4. The Morgan fingerprint density at radius 3 is 2.72 bits per heavy atom. The maximum absolute atomic E-state index is 12.8. The van der Waals surface area contributed by atoms with Gasteiger partial charge in [0.05, 0.1) is 13.1 Å². The molecular formula is C19H27N4OS+. The second-order valence-electron chi connectivity index (χ2n) is 7.53. The molecule has 1 aliphatic carbocycles. The number of nitrogens with one attached hydrogen (secondary N) is 1. The molecule has 0 bridgehead atoms. The monoisotopic (exact) mass is 359 g/mol. The third kappa shape index (κ3) is 3.68. The van der Waals surface area contributed by atoms with Crippen molar-refractivity contribution >= 4 is 28.8 Å². The number of amides is 1. The number of H-pyrrole nitrogens is 1. The zero-order valence-electron chi connectivity index (χ0n) is 14.9. The van der Waals surface area contributed by atoms with E-state index >= 15 is 0 Å². The summed E-state index contributed by atoms with van der Waals surface area (Å²) in [5.41, 5.74) is 1.75. The number of benzene rings is 1. The molecule has 1 N–H and O–H groups in total. The number of likely N-dealkylation sites (tertiary alicyclic amines) is 1. The lowest BCUT2D eigenvalue weighted by Crippen LogP contribution is -2.55. The van der Waals surface area contributed by atoms with E-state index in [0.717, 1.165) is 42.2 Å². The molecule has 4 rings (SSSR count). The number of rotatable bonds is 2. The van der Waals surface area contributed by atoms with Crippen LogP contribution in [0.2, 0.25) is 0 Å². The van der Waals surface area contributed by atoms with Gasteiger partial charge in [-0.05, 0) is 48.8 Å². The SMILES string of the molecule is CC1CCN(C(=O)[n+]2[nH]nc3cc(SC4CCCCC4)ccc32)CC1. The van der Waals surface area contributed by atoms with Crippen LogP contribution in [0.25, 0.3) is 11.0 Å². The third-order valence-corrected chi connectivity index (χ3v) is 6.89. The van der Waals surface area contributed by atoms with Gasteiger partial charge in [-0.15, -0.1) is 17.0 Å². The van der Waals surface area contributed by atoms with Gasteiger partial charge in [-0.1, -0.05) is 30.9 Å². The number of piperidine rings is 1. The molecule has 0 atom stereocenters. The molecule has 1 saturated carbocycles. The Balaban J connectivity index is 1.50. The molecule has 0 unspecified atom stereocenters. The van der Waals surface area contributed by atoms with Crippen molar-refractivity contribution in [2.45, 2.75) is 62.0 Å². The van der Waals surface area contributed by atoms with E-state index < -0.39 is 0 Å². The highest BCUT2D eigenvalue weighted by Gasteiger charge is 2.29. The van der Waals surface area contributed by atoms with E-state index in [0.29, 0.717) is 5.92 Å². The van der Waals surface area contributed by atoms with E-state index in [1.165, 1.54) is 37.0 Å². The fourth-order valence-corrected chi connectivity index (χ4v) is 5.16. The first-order chi connectivity index (χ1) is 12.2. The van der Waals surface area contributed by atoms with Crippen LogP contribution in [0.4, 0.5) is 4.79 Å². The molecule has 6 heteroatoms. The second kappa shape index (κ2) is 7.36. The molecule has 1 saturated heterocycles. The standard InChI is InChI=1S/C19H26N4OS/c1-14-9-11-22(12-10-14)19(24)23-18-8-7-16(13-17(18)20-21-23)25-15-5-3-2-4-6-15/h7-8,13-15H,2-6,9-12H2,1H3/p+1. The van der Waals surface area contributed by atoms with E-state index in [2.05, 4.69) is 29.4 Å². The van der Waals surface area contributed by atoms with E-state index in [9.17, 15) is 4.79 Å². The Bertz CT molecular complexity index is 745. The molecule has 2 aliphatic rings. The Morgan fingerprint density at radius 1 is 1.20 bits per heavy atom. The average molecular weight is 360 g/mol. The molecule has 0 radical (unpaired) electrons. The lowest BCUT2D eigenvalue weighted by molar-refractivity contribution is -0.617. The molecule has 5 nitrogen and oxygen atoms in total. The number of nitrogens with zero attached hydrogens (tertiary/aromatic N) is 3. The molecule has 2 aromatic rings. The summed E-state index contributed by atoms with van der Waals surface area (Å²) < 4.78 is 1.60. The summed E-state index contributed by atoms with van der Waals surface area (Å²) in [6.07, 6.45) is 8.88. The van der Waals surface area contributed by atoms with Crippen molar-refractivity contribution in [1.82, 2.24) is 15.2 Å². The summed E-state index contributed by atoms with van der Waals surface area (Å²) in [5, 5.41) is 8.03. The zero-order chi connectivity index (χ0) is 17.2. The Labute approximate surface area is 153 Å². The van der Waals surface area contributed by atoms with Gasteiger partial charge in [-0.25, -0.2) is 4.79 Å². The van der Waals surface area contributed by atoms with E-state index in [1.54, 1.807) is 4.68 Å². The fraction of sp³-hybridized carbons (Fsp3) is 0.632. The zero-order valence-corrected chi connectivity index (χ0v) is 15.7. The second-order valence-corrected chi connectivity index (χ2v) is 8.90. The van der Waals surface area contributed by atoms with E-state index in [4.69, 9.17) is 0 Å². The lowest BCUT2D eigenvalue weighted by atomic mass is 10.00. The maximum Gasteiger partial charge on any atom is 0.460 e. The topological polar surface area (TPSA) is 52.9 Å². The molecule has 25 heavy (non-hydrogen) atoms. The van der Waals surface area contributed by atoms with Crippen molar-refractivity contribution < 1.29 is 9.48 Å². The number of aromatic amines is 1. The minimum atomic E-state index is 0.0158. The normalized spacial score (nSPS) is 20.3. The van der Waals surface area contributed by atoms with Gasteiger partial charge in [0.15, 0.2) is 5.52 Å². The van der Waals surface area contributed by atoms with E-state index in [-0.39, 0.29) is 6.03 Å². The van der Waals surface area contributed by atoms with Crippen LogP contribution in [0.1, 0.15) is 51.9 Å². The number of thioether (sulfide) groups is 1. The van der Waals surface area contributed by atoms with Gasteiger partial charge in [0, 0.05) is 16.2 Å². The van der Waals surface area contributed by atoms with Gasteiger partial charge in [0.1, 0.15) is 0 Å². The fourth-order valence-electron chi connectivity index (χ4n) is 3.88. The quantitative estimate of drug-likeness (QED) is 0.825. The number of aromatic nitrogens is 3. The highest BCUT2D eigenvalue weighted by Crippen LogP contribution is 2.34. The highest BCUT2D eigenvalue weighted by molar-refractivity contribution is 8.00. The summed E-state index contributed by atoms with van der Waals surface area (Å²) >= 11 is 1.97. The summed E-state index contributed by atoms with van der Waals surface area (Å²) in [4.78, 5) is 16.0. The number of fused-ring (bicyclic) bond motifs is 1. The van der Waals surface area contributed by atoms with Crippen molar-refractivity contribution in [2.75, 3.05) is 13.1 Å². The van der Waals surface area contributed by atoms with Gasteiger partial charge in [0.2, 0.25) is 5.52 Å². The minimum absolute atomic E-state index is 0.0158. The lowest BCUT2D eigenvalue weighted by Gasteiger charge is -2.25. The van der Waals surface area contributed by atoms with Crippen LogP contribution in [-0.2, 0) is 0 Å². The van der Waals surface area contributed by atoms with E-state index in [1.807, 2.05) is 22.7 Å². The number of hydrogen-bond acceptors (Lipinski definition) is 3. The summed E-state index contributed by atoms with van der Waals surface area (Å²) in [6.45, 7) is 3.93. The van der Waals surface area contributed by atoms with Crippen LogP contribution in [0.5, 0.6) is 0 Å². The molecule has 1 aliphatic heterocycles. The van der Waals surface area contributed by atoms with Crippen molar-refractivity contribution in [1.29, 1.82) is 0 Å². The van der Waals surface area contributed by atoms with Gasteiger partial charge >= 0.3 is 6.03 Å². The van der Waals surface area contributed by atoms with Crippen LogP contribution in [0, 0.1) is 5.92 Å². The molecule has 1 aromatic carbocycles. The molecule has 134 valence electrons. The molecule has 2 heterocycles. The molecular weight excluding hydrogens is 332 g/mol. The molecule has 0 spiro atoms. The Kier molecular flexibility index (Phi) is 4.97. The van der Waals surface area contributed by atoms with Gasteiger partial charge in [0.25, 0.3) is 0 Å². The number of carbonyl (C=O) groups excluding carboxylic acids is 1. The van der Waals surface area contributed by atoms with Crippen LogP contribution in [0.3, 0.4) is 0 Å². The average Bonchev–Trinajstić information content (AvgIpc) is 3.06. The smallest absolute Gasteiger partial charge is 0.256 e. The van der Waals surface area contributed by atoms with Crippen molar-refractivity contribution in [3.05, 3.63) is 18.2 Å². The van der Waals surface area contributed by atoms with Crippen LogP contribution >= 0.6 is 11.8 Å². The van der Waals surface area contributed by atoms with Gasteiger partial charge in [-0.3, -0.25) is 4.90 Å². The van der Waals surface area contributed by atoms with Gasteiger partial charge < -0.3 is 0 Å². The number of hydrogen-bond donors (Lipinski definition) is 1. The van der Waals surface area contributed by atoms with Crippen molar-refractivity contribution in [2.24, 2.45) is 5.92 Å². The first-order valence-electron chi connectivity index (χ1n) is 9.57. The van der Waals surface area contributed by atoms with Gasteiger partial charge in [-0.2, -0.15) is 0 Å². The Hall–Kier alpha value is -1.56. The van der Waals surface area contributed by atoms with Crippen molar-refractivity contribution in [3.63, 3.8) is 0 Å². The summed E-state index contributed by atoms with van der Waals surface area (Å²) in [6, 6.07) is 6.31. The highest BCUT2D eigenvalue weighted by atomic mass is 32.2. The Morgan fingerprint density at radius 2 is 1.96 bits per heavy atom. The predicted molar refractivity (Wildman–Crippen MR) is 99.8 cm³/mol. The number of carbonyl (C=O) groups is 1. The summed E-state index contributed by atoms with van der Waals surface area (Å²) in [7, 11) is 0. The largest absolute Gasteiger partial charge is 0.460 e. The van der Waals surface area contributed by atoms with Crippen molar-refractivity contribution in [3.8, 4) is 0 Å². The summed E-state index contributed by atoms with van der Waals surface area (Å²) in [5.74, 6) is 0.715. The van der Waals surface area contributed by atoms with Crippen LogP contribution in [0.15, 0.2) is 23.1 Å². The maximum atomic E-state index is 12.8. The molecule has 1 amide bonds. The third-order valence-electron chi connectivity index (χ3n) is 5.56. The minimum Gasteiger partial charge on any atom is -0.256 e.